The zero-order chi connectivity index (χ0) is 35.0. The van der Waals surface area contributed by atoms with Crippen molar-refractivity contribution in [2.24, 2.45) is 4.99 Å². The van der Waals surface area contributed by atoms with Crippen LogP contribution in [0.15, 0.2) is 59.6 Å². The number of carbonyl (C=O) groups excluding carboxylic acids is 2. The molecule has 47 heavy (non-hydrogen) atoms. The van der Waals surface area contributed by atoms with Gasteiger partial charge in [0.1, 0.15) is 6.54 Å². The summed E-state index contributed by atoms with van der Waals surface area (Å²) in [4.78, 5) is 31.0. The smallest absolute Gasteiger partial charge is 0.266 e. The SMILES string of the molecule is CC1(C)C(/C=C/CC=Nc2ccccc2)=[N+](CCCS(=O)(=O)O)c2cc(C(=O)NCCS(=O)(=O)O)cc(C(=O)NCCS(=O)(=O)O)c21. The van der Waals surface area contributed by atoms with Gasteiger partial charge in [0.15, 0.2) is 5.71 Å². The van der Waals surface area contributed by atoms with Gasteiger partial charge < -0.3 is 10.6 Å². The van der Waals surface area contributed by atoms with Crippen molar-refractivity contribution < 1.29 is 53.1 Å². The first-order chi connectivity index (χ1) is 21.8. The van der Waals surface area contributed by atoms with E-state index in [1.807, 2.05) is 30.3 Å². The highest BCUT2D eigenvalue weighted by molar-refractivity contribution is 7.86. The lowest BCUT2D eigenvalue weighted by molar-refractivity contribution is -0.437. The molecule has 1 heterocycles. The second-order valence-corrected chi connectivity index (χ2v) is 15.8. The maximum absolute atomic E-state index is 13.5. The molecule has 2 amide bonds. The fourth-order valence-electron chi connectivity index (χ4n) is 5.04. The minimum absolute atomic E-state index is 0.0309. The minimum atomic E-state index is -4.40. The number of hydrogen-bond donors (Lipinski definition) is 5. The van der Waals surface area contributed by atoms with E-state index >= 15 is 0 Å². The van der Waals surface area contributed by atoms with E-state index in [0.29, 0.717) is 23.4 Å². The Morgan fingerprint density at radius 3 is 2.00 bits per heavy atom. The van der Waals surface area contributed by atoms with Crippen LogP contribution in [0.3, 0.4) is 0 Å². The van der Waals surface area contributed by atoms with Crippen LogP contribution in [0.4, 0.5) is 11.4 Å². The fourth-order valence-corrected chi connectivity index (χ4v) is 6.26. The number of allylic oxidation sites excluding steroid dienone is 2. The average Bonchev–Trinajstić information content (AvgIpc) is 3.16. The summed E-state index contributed by atoms with van der Waals surface area (Å²) in [5, 5.41) is 4.78. The Balaban J connectivity index is 2.10. The van der Waals surface area contributed by atoms with Gasteiger partial charge in [-0.15, -0.1) is 0 Å². The Kier molecular flexibility index (Phi) is 12.3. The third-order valence-corrected chi connectivity index (χ3v) is 9.30. The number of nitrogens with zero attached hydrogens (tertiary/aromatic N) is 2. The lowest BCUT2D eigenvalue weighted by Crippen LogP contribution is -2.34. The van der Waals surface area contributed by atoms with Crippen LogP contribution in [0.25, 0.3) is 0 Å². The maximum Gasteiger partial charge on any atom is 0.266 e. The number of aliphatic imine (C=N–C) groups is 1. The highest BCUT2D eigenvalue weighted by atomic mass is 32.2. The van der Waals surface area contributed by atoms with Gasteiger partial charge in [-0.25, -0.2) is 0 Å². The second-order valence-electron chi connectivity index (χ2n) is 11.1. The van der Waals surface area contributed by atoms with Crippen molar-refractivity contribution >= 4 is 65.5 Å². The highest BCUT2D eigenvalue weighted by Gasteiger charge is 2.47. The summed E-state index contributed by atoms with van der Waals surface area (Å²) in [5.41, 5.74) is 1.04. The molecule has 256 valence electrons. The Morgan fingerprint density at radius 2 is 1.43 bits per heavy atom. The Bertz CT molecular complexity index is 1920. The molecule has 5 N–H and O–H groups in total. The lowest BCUT2D eigenvalue weighted by Gasteiger charge is -2.19. The fraction of sp³-hybridized carbons (Fsp3) is 0.379. The quantitative estimate of drug-likeness (QED) is 0.0957. The van der Waals surface area contributed by atoms with Crippen LogP contribution in [0.2, 0.25) is 0 Å². The van der Waals surface area contributed by atoms with Crippen molar-refractivity contribution in [1.82, 2.24) is 10.6 Å². The van der Waals surface area contributed by atoms with Gasteiger partial charge in [-0.3, -0.25) is 28.2 Å². The van der Waals surface area contributed by atoms with Gasteiger partial charge >= 0.3 is 0 Å². The minimum Gasteiger partial charge on any atom is -0.351 e. The van der Waals surface area contributed by atoms with Gasteiger partial charge in [0.25, 0.3) is 42.2 Å². The lowest BCUT2D eigenvalue weighted by atomic mass is 9.78. The number of nitrogens with one attached hydrogen (secondary N) is 2. The van der Waals surface area contributed by atoms with E-state index in [0.717, 1.165) is 5.69 Å². The molecule has 2 aromatic carbocycles. The van der Waals surface area contributed by atoms with E-state index in [-0.39, 0.29) is 24.1 Å². The highest BCUT2D eigenvalue weighted by Crippen LogP contribution is 2.43. The Hall–Kier alpha value is -3.81. The van der Waals surface area contributed by atoms with Gasteiger partial charge in [0, 0.05) is 49.9 Å². The van der Waals surface area contributed by atoms with Crippen molar-refractivity contribution in [3.8, 4) is 0 Å². The molecule has 1 aliphatic heterocycles. The summed E-state index contributed by atoms with van der Waals surface area (Å²) >= 11 is 0. The normalized spacial score (nSPS) is 14.9. The van der Waals surface area contributed by atoms with Gasteiger partial charge in [0.2, 0.25) is 5.69 Å². The molecule has 18 heteroatoms. The first kappa shape index (κ1) is 37.6. The first-order valence-electron chi connectivity index (χ1n) is 14.3. The first-order valence-corrected chi connectivity index (χ1v) is 19.1. The molecule has 0 atom stereocenters. The maximum atomic E-state index is 13.5. The molecule has 2 aromatic rings. The molecule has 0 saturated carbocycles. The van der Waals surface area contributed by atoms with Crippen molar-refractivity contribution in [2.45, 2.75) is 32.1 Å². The van der Waals surface area contributed by atoms with Gasteiger partial charge in [-0.2, -0.15) is 29.8 Å². The van der Waals surface area contributed by atoms with Crippen LogP contribution in [0.5, 0.6) is 0 Å². The van der Waals surface area contributed by atoms with Crippen LogP contribution in [-0.2, 0) is 35.8 Å². The molecular formula is C29H37N4O11S3+. The molecular weight excluding hydrogens is 677 g/mol. The average molecular weight is 714 g/mol. The molecule has 0 spiro atoms. The van der Waals surface area contributed by atoms with Crippen LogP contribution in [0, 0.1) is 0 Å². The van der Waals surface area contributed by atoms with Crippen molar-refractivity contribution in [3.63, 3.8) is 0 Å². The summed E-state index contributed by atoms with van der Waals surface area (Å²) < 4.78 is 97.0. The van der Waals surface area contributed by atoms with Gasteiger partial charge in [-0.05, 0) is 32.0 Å². The summed E-state index contributed by atoms with van der Waals surface area (Å²) in [7, 11) is -13.1. The summed E-state index contributed by atoms with van der Waals surface area (Å²) in [6.07, 6.45) is 5.62. The predicted molar refractivity (Wildman–Crippen MR) is 176 cm³/mol. The number of rotatable bonds is 16. The summed E-state index contributed by atoms with van der Waals surface area (Å²) in [5.74, 6) is -3.67. The zero-order valence-electron chi connectivity index (χ0n) is 25.7. The predicted octanol–water partition coefficient (Wildman–Crippen LogP) is 1.92. The van der Waals surface area contributed by atoms with Crippen LogP contribution < -0.4 is 10.6 Å². The molecule has 0 fully saturated rings. The van der Waals surface area contributed by atoms with E-state index in [1.54, 1.807) is 36.8 Å². The van der Waals surface area contributed by atoms with Crippen LogP contribution in [0.1, 0.15) is 53.0 Å². The number of amides is 2. The monoisotopic (exact) mass is 713 g/mol. The molecule has 3 rings (SSSR count). The number of hydrogen-bond acceptors (Lipinski definition) is 9. The molecule has 0 unspecified atom stereocenters. The van der Waals surface area contributed by atoms with E-state index in [4.69, 9.17) is 9.11 Å². The van der Waals surface area contributed by atoms with Gasteiger partial charge in [0.05, 0.1) is 39.5 Å². The number of carbonyl (C=O) groups is 2. The zero-order valence-corrected chi connectivity index (χ0v) is 28.1. The third kappa shape index (κ3) is 11.4. The van der Waals surface area contributed by atoms with Crippen LogP contribution in [-0.4, -0.2) is 104 Å². The summed E-state index contributed by atoms with van der Waals surface area (Å²) in [6, 6.07) is 11.9. The molecule has 0 saturated heterocycles. The Morgan fingerprint density at radius 1 is 0.851 bits per heavy atom. The standard InChI is InChI=1S/C29H36N4O11S3/c1-29(2)25(11-6-7-12-30-22-9-4-3-5-10-22)33(15-8-16-45(36,37)38)24-20-21(27(34)31-13-17-46(39,40)41)19-23(26(24)29)28(35)32-14-18-47(42,43)44/h3-6,9-12,19-20H,7-8,13-18H2,1-2H3,(H4-,31,32,34,35,36,37,38,39,40,41,42,43,44)/p+1/b11-6+,30-12?. The summed E-state index contributed by atoms with van der Waals surface area (Å²) in [6.45, 7) is 2.73. The van der Waals surface area contributed by atoms with E-state index in [1.165, 1.54) is 12.1 Å². The molecule has 15 nitrogen and oxygen atoms in total. The van der Waals surface area contributed by atoms with E-state index in [9.17, 15) is 39.4 Å². The molecule has 0 bridgehead atoms. The van der Waals surface area contributed by atoms with Crippen LogP contribution >= 0.6 is 0 Å². The van der Waals surface area contributed by atoms with Crippen molar-refractivity contribution in [3.05, 3.63) is 71.3 Å². The molecule has 0 aliphatic carbocycles. The number of fused-ring (bicyclic) bond motifs is 1. The Labute approximate surface area is 273 Å². The number of para-hydroxylation sites is 1. The van der Waals surface area contributed by atoms with Gasteiger partial charge in [-0.1, -0.05) is 24.3 Å². The van der Waals surface area contributed by atoms with Crippen molar-refractivity contribution in [2.75, 3.05) is 36.9 Å². The molecule has 1 aliphatic rings. The van der Waals surface area contributed by atoms with Crippen molar-refractivity contribution in [1.29, 1.82) is 0 Å². The molecule has 0 aromatic heterocycles. The number of benzene rings is 2. The molecule has 0 radical (unpaired) electrons. The topological polar surface area (TPSA) is 237 Å². The second kappa shape index (κ2) is 15.4. The van der Waals surface area contributed by atoms with E-state index < -0.39 is 77.9 Å². The largest absolute Gasteiger partial charge is 0.351 e. The third-order valence-electron chi connectivity index (χ3n) is 7.06. The van der Waals surface area contributed by atoms with E-state index in [2.05, 4.69) is 15.6 Å².